The van der Waals surface area contributed by atoms with Crippen LogP contribution in [0.5, 0.6) is 0 Å². The lowest BCUT2D eigenvalue weighted by Crippen LogP contribution is -2.66. The lowest BCUT2D eigenvalue weighted by molar-refractivity contribution is -0.233. The quantitative estimate of drug-likeness (QED) is 0.389. The summed E-state index contributed by atoms with van der Waals surface area (Å²) in [6, 6.07) is 0. The zero-order valence-corrected chi connectivity index (χ0v) is 22.6. The molecule has 4 heteroatoms. The number of hydrogen-bond acceptors (Lipinski definition) is 3. The Balaban J connectivity index is 1.63. The number of rotatable bonds is 1. The molecule has 0 radical (unpaired) electrons. The lowest BCUT2D eigenvalue weighted by atomic mass is 9.34. The van der Waals surface area contributed by atoms with E-state index in [4.69, 9.17) is 0 Å². The molecule has 0 spiro atoms. The minimum Gasteiger partial charge on any atom is -0.481 e. The van der Waals surface area contributed by atoms with E-state index in [0.29, 0.717) is 18.3 Å². The predicted octanol–water partition coefficient (Wildman–Crippen LogP) is 6.35. The second kappa shape index (κ2) is 7.12. The molecule has 4 nitrogen and oxygen atoms in total. The number of carbonyl (C=O) groups is 1. The van der Waals surface area contributed by atoms with E-state index in [1.807, 2.05) is 0 Å². The minimum absolute atomic E-state index is 0.0107. The van der Waals surface area contributed by atoms with Crippen LogP contribution in [0, 0.1) is 44.3 Å². The molecule has 4 fully saturated rings. The van der Waals surface area contributed by atoms with Gasteiger partial charge in [-0.05, 0) is 103 Å². The molecule has 1 unspecified atom stereocenters. The highest BCUT2D eigenvalue weighted by molar-refractivity contribution is 5.80. The van der Waals surface area contributed by atoms with Gasteiger partial charge in [0.2, 0.25) is 0 Å². The van der Waals surface area contributed by atoms with Crippen molar-refractivity contribution >= 4 is 5.97 Å². The second-order valence-electron chi connectivity index (χ2n) is 15.2. The average Bonchev–Trinajstić information content (AvgIpc) is 2.72. The fourth-order valence-corrected chi connectivity index (χ4v) is 10.7. The molecule has 0 aromatic carbocycles. The van der Waals surface area contributed by atoms with Crippen LogP contribution in [0.2, 0.25) is 0 Å². The fraction of sp³-hybridized carbons (Fsp3) is 0.900. The van der Waals surface area contributed by atoms with Crippen LogP contribution in [0.3, 0.4) is 0 Å². The van der Waals surface area contributed by atoms with Crippen LogP contribution in [-0.4, -0.2) is 33.5 Å². The maximum atomic E-state index is 12.8. The Kier molecular flexibility index (Phi) is 5.20. The highest BCUT2D eigenvalue weighted by atomic mass is 16.4. The molecule has 192 valence electrons. The number of aliphatic hydroxyl groups excluding tert-OH is 2. The van der Waals surface area contributed by atoms with Crippen molar-refractivity contribution in [3.05, 3.63) is 11.1 Å². The number of carboxylic acid groups (broad SMARTS) is 1. The van der Waals surface area contributed by atoms with E-state index in [2.05, 4.69) is 48.5 Å². The molecule has 0 amide bonds. The molecular formula is C30H48O4. The van der Waals surface area contributed by atoms with Crippen LogP contribution in [0.4, 0.5) is 0 Å². The summed E-state index contributed by atoms with van der Waals surface area (Å²) in [5.41, 5.74) is 2.07. The van der Waals surface area contributed by atoms with Gasteiger partial charge < -0.3 is 15.3 Å². The number of carboxylic acids is 1. The second-order valence-corrected chi connectivity index (χ2v) is 15.2. The summed E-state index contributed by atoms with van der Waals surface area (Å²) in [7, 11) is 0. The third-order valence-corrected chi connectivity index (χ3v) is 12.9. The van der Waals surface area contributed by atoms with Crippen molar-refractivity contribution in [2.75, 3.05) is 0 Å². The standard InChI is InChI=1S/C30H48O4/c1-25(2)12-14-30(24(33)34)15-13-28(6)18(19(30)16-25)8-9-22-27(5)17-20(31)23(32)26(3,4)21(27)10-11-29(22,28)7/h20-23,31-32H,8-17H2,1-7H3,(H,33,34)/t20-,21?,22-,23+,27+,28-,29-,30+/m1/s1. The lowest BCUT2D eigenvalue weighted by Gasteiger charge is -2.71. The van der Waals surface area contributed by atoms with Crippen molar-refractivity contribution in [1.29, 1.82) is 0 Å². The summed E-state index contributed by atoms with van der Waals surface area (Å²) >= 11 is 0. The minimum atomic E-state index is -0.670. The van der Waals surface area contributed by atoms with Crippen molar-refractivity contribution in [2.45, 2.75) is 125 Å². The largest absolute Gasteiger partial charge is 0.481 e. The van der Waals surface area contributed by atoms with Crippen LogP contribution in [0.25, 0.3) is 0 Å². The zero-order valence-electron chi connectivity index (χ0n) is 22.6. The van der Waals surface area contributed by atoms with Gasteiger partial charge in [0, 0.05) is 0 Å². The van der Waals surface area contributed by atoms with E-state index in [-0.39, 0.29) is 27.1 Å². The molecular weight excluding hydrogens is 424 g/mol. The molecule has 8 atom stereocenters. The number of allylic oxidation sites excluding steroid dienone is 1. The smallest absolute Gasteiger partial charge is 0.313 e. The van der Waals surface area contributed by atoms with Gasteiger partial charge in [-0.1, -0.05) is 59.6 Å². The summed E-state index contributed by atoms with van der Waals surface area (Å²) in [5, 5.41) is 32.4. The van der Waals surface area contributed by atoms with Crippen molar-refractivity contribution in [3.8, 4) is 0 Å². The summed E-state index contributed by atoms with van der Waals surface area (Å²) in [4.78, 5) is 12.8. The number of fused-ring (bicyclic) bond motifs is 6. The van der Waals surface area contributed by atoms with Gasteiger partial charge >= 0.3 is 5.97 Å². The van der Waals surface area contributed by atoms with Crippen molar-refractivity contribution in [1.82, 2.24) is 0 Å². The molecule has 5 aliphatic carbocycles. The molecule has 4 saturated carbocycles. The Morgan fingerprint density at radius 3 is 2.12 bits per heavy atom. The maximum Gasteiger partial charge on any atom is 0.313 e. The molecule has 5 rings (SSSR count). The van der Waals surface area contributed by atoms with Crippen molar-refractivity contribution in [3.63, 3.8) is 0 Å². The normalized spacial score (nSPS) is 51.6. The van der Waals surface area contributed by atoms with E-state index in [9.17, 15) is 20.1 Å². The topological polar surface area (TPSA) is 77.8 Å². The van der Waals surface area contributed by atoms with Gasteiger partial charge in [-0.2, -0.15) is 0 Å². The first-order valence-corrected chi connectivity index (χ1v) is 13.9. The Labute approximate surface area is 206 Å². The first-order valence-electron chi connectivity index (χ1n) is 13.9. The van der Waals surface area contributed by atoms with E-state index in [0.717, 1.165) is 57.8 Å². The summed E-state index contributed by atoms with van der Waals surface area (Å²) in [6.45, 7) is 16.3. The first kappa shape index (κ1) is 24.8. The van der Waals surface area contributed by atoms with Gasteiger partial charge in [-0.15, -0.1) is 0 Å². The van der Waals surface area contributed by atoms with E-state index < -0.39 is 23.6 Å². The third-order valence-electron chi connectivity index (χ3n) is 12.9. The van der Waals surface area contributed by atoms with Crippen LogP contribution in [0.15, 0.2) is 11.1 Å². The SMILES string of the molecule is CC1(C)CC[C@]2(C(=O)O)CC[C@]3(C)C(=C2C1)CC[C@@H]1[C@@]2(C)C[C@@H](O)[C@H](O)C(C)(C)C2CC[C@]13C. The van der Waals surface area contributed by atoms with Gasteiger partial charge in [0.05, 0.1) is 17.6 Å². The van der Waals surface area contributed by atoms with Crippen LogP contribution in [0.1, 0.15) is 113 Å². The predicted molar refractivity (Wildman–Crippen MR) is 134 cm³/mol. The van der Waals surface area contributed by atoms with Gasteiger partial charge in [0.25, 0.3) is 0 Å². The molecule has 0 heterocycles. The third kappa shape index (κ3) is 2.88. The number of hydrogen-bond donors (Lipinski definition) is 3. The van der Waals surface area contributed by atoms with Gasteiger partial charge in [0.1, 0.15) is 0 Å². The van der Waals surface area contributed by atoms with Gasteiger partial charge in [-0.25, -0.2) is 0 Å². The van der Waals surface area contributed by atoms with E-state index in [1.54, 1.807) is 0 Å². The summed E-state index contributed by atoms with van der Waals surface area (Å²) in [6.07, 6.45) is 8.03. The van der Waals surface area contributed by atoms with Crippen LogP contribution < -0.4 is 0 Å². The maximum absolute atomic E-state index is 12.8. The molecule has 0 aromatic heterocycles. The molecule has 5 aliphatic rings. The fourth-order valence-electron chi connectivity index (χ4n) is 10.7. The number of aliphatic hydroxyl groups is 2. The molecule has 0 aliphatic heterocycles. The highest BCUT2D eigenvalue weighted by Gasteiger charge is 2.69. The van der Waals surface area contributed by atoms with Crippen LogP contribution >= 0.6 is 0 Å². The van der Waals surface area contributed by atoms with Gasteiger partial charge in [-0.3, -0.25) is 4.79 Å². The molecule has 0 bridgehead atoms. The van der Waals surface area contributed by atoms with E-state index in [1.165, 1.54) is 11.1 Å². The average molecular weight is 473 g/mol. The summed E-state index contributed by atoms with van der Waals surface area (Å²) in [5.74, 6) is 0.273. The first-order chi connectivity index (χ1) is 15.6. The number of aliphatic carboxylic acids is 1. The van der Waals surface area contributed by atoms with Crippen LogP contribution in [-0.2, 0) is 4.79 Å². The highest BCUT2D eigenvalue weighted by Crippen LogP contribution is 2.75. The Morgan fingerprint density at radius 2 is 1.47 bits per heavy atom. The molecule has 0 saturated heterocycles. The van der Waals surface area contributed by atoms with E-state index >= 15 is 0 Å². The van der Waals surface area contributed by atoms with Crippen molar-refractivity contribution in [2.24, 2.45) is 44.3 Å². The summed E-state index contributed by atoms with van der Waals surface area (Å²) < 4.78 is 0. The monoisotopic (exact) mass is 472 g/mol. The van der Waals surface area contributed by atoms with Gasteiger partial charge in [0.15, 0.2) is 0 Å². The Hall–Kier alpha value is -0.870. The molecule has 0 aromatic rings. The Morgan fingerprint density at radius 1 is 0.824 bits per heavy atom. The molecule has 34 heavy (non-hydrogen) atoms. The Bertz CT molecular complexity index is 932. The van der Waals surface area contributed by atoms with Crippen molar-refractivity contribution < 1.29 is 20.1 Å². The molecule has 3 N–H and O–H groups in total. The zero-order chi connectivity index (χ0) is 25.1.